The van der Waals surface area contributed by atoms with Gasteiger partial charge < -0.3 is 18.2 Å². The fourth-order valence-corrected chi connectivity index (χ4v) is 4.42. The Hall–Kier alpha value is -1.05. The number of hydrogen-bond donors (Lipinski definition) is 0. The fraction of sp³-hybridized carbons (Fsp3) is 0.375. The van der Waals surface area contributed by atoms with Gasteiger partial charge in [0.1, 0.15) is 11.6 Å². The molecule has 4 nitrogen and oxygen atoms in total. The van der Waals surface area contributed by atoms with E-state index >= 15 is 0 Å². The minimum atomic E-state index is -0.278. The van der Waals surface area contributed by atoms with Crippen molar-refractivity contribution in [3.8, 4) is 5.75 Å². The number of hydrogen-bond acceptors (Lipinski definition) is 6. The normalized spacial score (nSPS) is 13.7. The maximum atomic E-state index is 13.3. The third kappa shape index (κ3) is 8.07. The Morgan fingerprint density at radius 1 is 1.12 bits per heavy atom. The second-order valence-electron chi connectivity index (χ2n) is 7.24. The molecule has 1 fully saturated rings. The number of nitrogens with zero attached hydrogens (tertiary/aromatic N) is 3. The minimum absolute atomic E-state index is 0. The molecule has 0 radical (unpaired) electrons. The number of methoxy groups -OCH3 is 1. The molecule has 0 saturated carbocycles. The zero-order valence-corrected chi connectivity index (χ0v) is 22.9. The smallest absolute Gasteiger partial charge is 0.496 e. The third-order valence-corrected chi connectivity index (χ3v) is 6.54. The van der Waals surface area contributed by atoms with Gasteiger partial charge in [0, 0.05) is 19.3 Å². The second kappa shape index (κ2) is 14.3. The molecule has 8 heteroatoms. The average molecular weight is 563 g/mol. The SMILES string of the molecule is CSN1[CH-]N(SC)CC1.[CH-]=Cc1cc(F)ccc1CN(C)c1cc(C)c(OC)c(C)c1.[Ru+2]. The summed E-state index contributed by atoms with van der Waals surface area (Å²) in [5.74, 6) is 0.633. The van der Waals surface area contributed by atoms with Crippen molar-refractivity contribution < 1.29 is 28.6 Å². The summed E-state index contributed by atoms with van der Waals surface area (Å²) in [4.78, 5) is 2.11. The van der Waals surface area contributed by atoms with Gasteiger partial charge in [-0.05, 0) is 68.8 Å². The summed E-state index contributed by atoms with van der Waals surface area (Å²) in [6.07, 6.45) is 5.64. The van der Waals surface area contributed by atoms with Crippen molar-refractivity contribution in [2.75, 3.05) is 44.7 Å². The molecule has 0 spiro atoms. The van der Waals surface area contributed by atoms with E-state index in [9.17, 15) is 4.39 Å². The predicted molar refractivity (Wildman–Crippen MR) is 134 cm³/mol. The third-order valence-electron chi connectivity index (χ3n) is 5.05. The minimum Gasteiger partial charge on any atom is -0.496 e. The van der Waals surface area contributed by atoms with E-state index < -0.39 is 0 Å². The monoisotopic (exact) mass is 563 g/mol. The van der Waals surface area contributed by atoms with E-state index in [-0.39, 0.29) is 25.3 Å². The number of rotatable bonds is 7. The second-order valence-corrected chi connectivity index (χ2v) is 8.91. The molecule has 1 aliphatic rings. The first kappa shape index (κ1) is 29.0. The standard InChI is InChI=1S/C19H21FNO.C5H11N2S2.Ru/c1-6-15-11-17(20)8-7-16(15)12-21(4)18-9-13(2)19(22-5)14(3)10-18;1-8-6-3-4-7(5-6)9-2;/h1,6-11H,12H2,2-5H3;5H,3-4H2,1-2H3;/q2*-1;+2. The van der Waals surface area contributed by atoms with Gasteiger partial charge in [-0.2, -0.15) is 12.2 Å². The summed E-state index contributed by atoms with van der Waals surface area (Å²) in [7, 11) is 3.69. The Morgan fingerprint density at radius 3 is 2.12 bits per heavy atom. The first-order valence-corrected chi connectivity index (χ1v) is 12.4. The molecule has 0 atom stereocenters. The predicted octanol–water partition coefficient (Wildman–Crippen LogP) is 5.81. The van der Waals surface area contributed by atoms with E-state index in [4.69, 9.17) is 11.3 Å². The van der Waals surface area contributed by atoms with Crippen LogP contribution in [-0.2, 0) is 26.0 Å². The topological polar surface area (TPSA) is 19.0 Å². The molecular formula is C24H32FN3ORuS2. The van der Waals surface area contributed by atoms with Gasteiger partial charge in [0.25, 0.3) is 0 Å². The van der Waals surface area contributed by atoms with Crippen molar-refractivity contribution in [3.05, 3.63) is 71.7 Å². The Kier molecular flexibility index (Phi) is 12.9. The average Bonchev–Trinajstić information content (AvgIpc) is 3.23. The molecule has 2 aromatic rings. The summed E-state index contributed by atoms with van der Waals surface area (Å²) in [5.41, 5.74) is 4.97. The molecular weight excluding hydrogens is 530 g/mol. The first-order chi connectivity index (χ1) is 14.8. The van der Waals surface area contributed by atoms with Crippen LogP contribution in [0.25, 0.3) is 6.08 Å². The van der Waals surface area contributed by atoms with Crippen LogP contribution in [-0.4, -0.2) is 48.4 Å². The van der Waals surface area contributed by atoms with Crippen molar-refractivity contribution in [2.45, 2.75) is 20.4 Å². The van der Waals surface area contributed by atoms with Crippen LogP contribution in [0.3, 0.4) is 0 Å². The summed E-state index contributed by atoms with van der Waals surface area (Å²) < 4.78 is 23.1. The number of halogens is 1. The summed E-state index contributed by atoms with van der Waals surface area (Å²) in [5, 5.41) is 0. The molecule has 1 aliphatic heterocycles. The van der Waals surface area contributed by atoms with Crippen molar-refractivity contribution in [1.29, 1.82) is 0 Å². The van der Waals surface area contributed by atoms with Crippen molar-refractivity contribution >= 4 is 35.7 Å². The molecule has 0 aromatic heterocycles. The number of aryl methyl sites for hydroxylation is 2. The molecule has 0 amide bonds. The van der Waals surface area contributed by atoms with Gasteiger partial charge in [-0.25, -0.2) is 10.5 Å². The van der Waals surface area contributed by atoms with Crippen molar-refractivity contribution in [2.24, 2.45) is 0 Å². The van der Waals surface area contributed by atoms with E-state index in [1.54, 1.807) is 37.1 Å². The van der Waals surface area contributed by atoms with E-state index in [0.717, 1.165) is 41.2 Å². The molecule has 0 N–H and O–H groups in total. The molecule has 3 rings (SSSR count). The molecule has 1 heterocycles. The van der Waals surface area contributed by atoms with Crippen LogP contribution in [0.4, 0.5) is 10.1 Å². The zero-order valence-electron chi connectivity index (χ0n) is 19.5. The van der Waals surface area contributed by atoms with Crippen LogP contribution in [0, 0.1) is 32.9 Å². The molecule has 0 bridgehead atoms. The van der Waals surface area contributed by atoms with Crippen LogP contribution in [0.2, 0.25) is 0 Å². The van der Waals surface area contributed by atoms with Gasteiger partial charge in [-0.1, -0.05) is 6.07 Å². The van der Waals surface area contributed by atoms with Gasteiger partial charge in [-0.15, -0.1) is 35.5 Å². The van der Waals surface area contributed by atoms with Gasteiger partial charge in [0.15, 0.2) is 0 Å². The fourth-order valence-electron chi connectivity index (χ4n) is 3.41. The molecule has 176 valence electrons. The Balaban J connectivity index is 0.000000431. The summed E-state index contributed by atoms with van der Waals surface area (Å²) in [6.45, 7) is 14.8. The Labute approximate surface area is 214 Å². The van der Waals surface area contributed by atoms with Crippen molar-refractivity contribution in [3.63, 3.8) is 0 Å². The maximum absolute atomic E-state index is 13.3. The number of benzene rings is 2. The molecule has 0 aliphatic carbocycles. The van der Waals surface area contributed by atoms with Crippen molar-refractivity contribution in [1.82, 2.24) is 8.61 Å². The van der Waals surface area contributed by atoms with Gasteiger partial charge >= 0.3 is 19.5 Å². The van der Waals surface area contributed by atoms with Gasteiger partial charge in [-0.3, -0.25) is 6.58 Å². The van der Waals surface area contributed by atoms with E-state index in [0.29, 0.717) is 12.1 Å². The maximum Gasteiger partial charge on any atom is 2.00 e. The summed E-state index contributed by atoms with van der Waals surface area (Å²) >= 11 is 3.55. The van der Waals surface area contributed by atoms with Crippen LogP contribution in [0.1, 0.15) is 22.3 Å². The molecule has 1 saturated heterocycles. The molecule has 0 unspecified atom stereocenters. The van der Waals surface area contributed by atoms with Crippen LogP contribution in [0.5, 0.6) is 5.75 Å². The van der Waals surface area contributed by atoms with Gasteiger partial charge in [0.05, 0.1) is 7.11 Å². The summed E-state index contributed by atoms with van der Waals surface area (Å²) in [6, 6.07) is 8.85. The Morgan fingerprint density at radius 2 is 1.69 bits per heavy atom. The van der Waals surface area contributed by atoms with Crippen LogP contribution < -0.4 is 9.64 Å². The van der Waals surface area contributed by atoms with Crippen LogP contribution >= 0.6 is 23.9 Å². The molecule has 2 aromatic carbocycles. The zero-order chi connectivity index (χ0) is 23.0. The number of ether oxygens (including phenoxy) is 1. The quantitative estimate of drug-likeness (QED) is 0.239. The molecule has 32 heavy (non-hydrogen) atoms. The number of anilines is 1. The van der Waals surface area contributed by atoms with E-state index in [1.165, 1.54) is 18.2 Å². The van der Waals surface area contributed by atoms with E-state index in [2.05, 4.69) is 44.8 Å². The van der Waals surface area contributed by atoms with E-state index in [1.807, 2.05) is 20.9 Å². The Bertz CT molecular complexity index is 851. The first-order valence-electron chi connectivity index (χ1n) is 9.99. The van der Waals surface area contributed by atoms with Gasteiger partial charge in [0.2, 0.25) is 0 Å². The largest absolute Gasteiger partial charge is 2.00 e. The van der Waals surface area contributed by atoms with Crippen LogP contribution in [0.15, 0.2) is 30.3 Å².